The summed E-state index contributed by atoms with van der Waals surface area (Å²) in [5.41, 5.74) is 0.960. The van der Waals surface area contributed by atoms with Crippen molar-refractivity contribution in [2.75, 3.05) is 6.54 Å². The fraction of sp³-hybridized carbons (Fsp3) is 0.250. The fourth-order valence-electron chi connectivity index (χ4n) is 2.56. The first-order valence-electron chi connectivity index (χ1n) is 7.19. The van der Waals surface area contributed by atoms with Gasteiger partial charge in [-0.3, -0.25) is 0 Å². The smallest absolute Gasteiger partial charge is 0.371 e. The first kappa shape index (κ1) is 16.8. The van der Waals surface area contributed by atoms with Crippen LogP contribution in [0.4, 0.5) is 13.2 Å². The van der Waals surface area contributed by atoms with Crippen LogP contribution in [0.15, 0.2) is 48.5 Å². The van der Waals surface area contributed by atoms with E-state index in [0.717, 1.165) is 27.6 Å². The number of fused-ring (bicyclic) bond motifs is 1. The molecule has 4 nitrogen and oxygen atoms in total. The van der Waals surface area contributed by atoms with E-state index in [0.29, 0.717) is 12.5 Å². The van der Waals surface area contributed by atoms with Gasteiger partial charge in [-0.25, -0.2) is 0 Å². The van der Waals surface area contributed by atoms with Crippen LogP contribution < -0.4 is 4.18 Å². The van der Waals surface area contributed by atoms with Crippen molar-refractivity contribution >= 4 is 10.3 Å². The molecule has 0 fully saturated rings. The van der Waals surface area contributed by atoms with Gasteiger partial charge in [-0.15, -0.1) is 0 Å². The van der Waals surface area contributed by atoms with Crippen LogP contribution in [0, 0.1) is 0 Å². The van der Waals surface area contributed by atoms with Crippen molar-refractivity contribution in [3.05, 3.63) is 65.2 Å². The van der Waals surface area contributed by atoms with Crippen LogP contribution in [0.1, 0.15) is 16.7 Å². The molecule has 0 aliphatic carbocycles. The molecule has 0 spiro atoms. The maximum Gasteiger partial charge on any atom is 0.416 e. The third-order valence-electron chi connectivity index (χ3n) is 3.77. The summed E-state index contributed by atoms with van der Waals surface area (Å²) in [7, 11) is -4.18. The number of halogens is 3. The van der Waals surface area contributed by atoms with E-state index in [1.165, 1.54) is 6.07 Å². The first-order valence-corrected chi connectivity index (χ1v) is 8.56. The molecule has 0 bridgehead atoms. The summed E-state index contributed by atoms with van der Waals surface area (Å²) < 4.78 is 68.8. The second kappa shape index (κ2) is 6.10. The molecular weight excluding hydrogens is 343 g/mol. The van der Waals surface area contributed by atoms with Gasteiger partial charge in [-0.05, 0) is 35.7 Å². The van der Waals surface area contributed by atoms with E-state index in [1.807, 2.05) is 24.3 Å². The van der Waals surface area contributed by atoms with Crippen molar-refractivity contribution in [1.29, 1.82) is 0 Å². The SMILES string of the molecule is O=S(=O)(Oc1cccc(C(F)(F)F)c1)N1CCc2ccccc2C1. The third kappa shape index (κ3) is 3.54. The van der Waals surface area contributed by atoms with E-state index >= 15 is 0 Å². The van der Waals surface area contributed by atoms with Gasteiger partial charge in [0.25, 0.3) is 0 Å². The summed E-state index contributed by atoms with van der Waals surface area (Å²) >= 11 is 0. The lowest BCUT2D eigenvalue weighted by molar-refractivity contribution is -0.137. The molecule has 8 heteroatoms. The van der Waals surface area contributed by atoms with Crippen LogP contribution in [0.3, 0.4) is 0 Å². The second-order valence-corrected chi connectivity index (χ2v) is 6.96. The van der Waals surface area contributed by atoms with Gasteiger partial charge in [0, 0.05) is 13.1 Å². The number of benzene rings is 2. The number of rotatable bonds is 3. The molecular formula is C16H14F3NO3S. The Balaban J connectivity index is 1.80. The zero-order valence-corrected chi connectivity index (χ0v) is 13.3. The first-order chi connectivity index (χ1) is 11.3. The van der Waals surface area contributed by atoms with E-state index < -0.39 is 22.0 Å². The van der Waals surface area contributed by atoms with Crippen LogP contribution in [-0.4, -0.2) is 19.3 Å². The average Bonchev–Trinajstić information content (AvgIpc) is 2.53. The number of nitrogens with zero attached hydrogens (tertiary/aromatic N) is 1. The van der Waals surface area contributed by atoms with E-state index in [9.17, 15) is 21.6 Å². The van der Waals surface area contributed by atoms with E-state index in [-0.39, 0.29) is 18.8 Å². The van der Waals surface area contributed by atoms with Crippen LogP contribution in [-0.2, 0) is 29.4 Å². The Bertz CT molecular complexity index is 850. The molecule has 128 valence electrons. The summed E-state index contributed by atoms with van der Waals surface area (Å²) in [5.74, 6) is -0.358. The summed E-state index contributed by atoms with van der Waals surface area (Å²) in [6, 6.07) is 11.3. The Morgan fingerprint density at radius 2 is 1.71 bits per heavy atom. The largest absolute Gasteiger partial charge is 0.416 e. The fourth-order valence-corrected chi connectivity index (χ4v) is 3.62. The summed E-state index contributed by atoms with van der Waals surface area (Å²) in [5, 5.41) is 0. The third-order valence-corrected chi connectivity index (χ3v) is 5.12. The van der Waals surface area contributed by atoms with Crippen molar-refractivity contribution in [3.8, 4) is 5.75 Å². The van der Waals surface area contributed by atoms with Gasteiger partial charge in [-0.2, -0.15) is 25.9 Å². The van der Waals surface area contributed by atoms with Crippen LogP contribution in [0.2, 0.25) is 0 Å². The monoisotopic (exact) mass is 357 g/mol. The van der Waals surface area contributed by atoms with Crippen molar-refractivity contribution in [1.82, 2.24) is 4.31 Å². The Morgan fingerprint density at radius 3 is 2.42 bits per heavy atom. The highest BCUT2D eigenvalue weighted by atomic mass is 32.2. The Morgan fingerprint density at radius 1 is 1.00 bits per heavy atom. The number of hydrogen-bond acceptors (Lipinski definition) is 3. The molecule has 0 N–H and O–H groups in total. The van der Waals surface area contributed by atoms with Crippen LogP contribution in [0.25, 0.3) is 0 Å². The maximum atomic E-state index is 12.7. The van der Waals surface area contributed by atoms with Crippen molar-refractivity contribution in [2.24, 2.45) is 0 Å². The van der Waals surface area contributed by atoms with E-state index in [1.54, 1.807) is 0 Å². The van der Waals surface area contributed by atoms with Gasteiger partial charge in [0.15, 0.2) is 0 Å². The van der Waals surface area contributed by atoms with Gasteiger partial charge in [0.2, 0.25) is 0 Å². The molecule has 2 aromatic carbocycles. The zero-order chi connectivity index (χ0) is 17.4. The normalized spacial score (nSPS) is 15.8. The highest BCUT2D eigenvalue weighted by Gasteiger charge is 2.32. The standard InChI is InChI=1S/C16H14F3NO3S/c17-16(18,19)14-6-3-7-15(10-14)23-24(21,22)20-9-8-12-4-1-2-5-13(12)11-20/h1-7,10H,8-9,11H2. The topological polar surface area (TPSA) is 46.6 Å². The highest BCUT2D eigenvalue weighted by molar-refractivity contribution is 7.84. The maximum absolute atomic E-state index is 12.7. The number of hydrogen-bond donors (Lipinski definition) is 0. The molecule has 0 radical (unpaired) electrons. The van der Waals surface area contributed by atoms with Crippen LogP contribution >= 0.6 is 0 Å². The molecule has 0 atom stereocenters. The molecule has 0 aromatic heterocycles. The predicted octanol–water partition coefficient (Wildman–Crippen LogP) is 3.39. The van der Waals surface area contributed by atoms with Gasteiger partial charge >= 0.3 is 16.5 Å². The Labute approximate surface area is 137 Å². The molecule has 1 aliphatic heterocycles. The van der Waals surface area contributed by atoms with Crippen molar-refractivity contribution < 1.29 is 25.8 Å². The predicted molar refractivity (Wildman–Crippen MR) is 81.5 cm³/mol. The minimum absolute atomic E-state index is 0.136. The molecule has 1 heterocycles. The quantitative estimate of drug-likeness (QED) is 0.846. The van der Waals surface area contributed by atoms with Gasteiger partial charge in [0.1, 0.15) is 5.75 Å². The summed E-state index contributed by atoms with van der Waals surface area (Å²) in [6.07, 6.45) is -4.03. The molecule has 0 unspecified atom stereocenters. The average molecular weight is 357 g/mol. The Hall–Kier alpha value is -2.06. The molecule has 0 saturated heterocycles. The molecule has 3 rings (SSSR count). The van der Waals surface area contributed by atoms with Gasteiger partial charge in [0.05, 0.1) is 5.56 Å². The molecule has 24 heavy (non-hydrogen) atoms. The lowest BCUT2D eigenvalue weighted by Crippen LogP contribution is -2.38. The minimum Gasteiger partial charge on any atom is -0.371 e. The molecule has 2 aromatic rings. The lowest BCUT2D eigenvalue weighted by Gasteiger charge is -2.27. The second-order valence-electron chi connectivity index (χ2n) is 5.42. The van der Waals surface area contributed by atoms with E-state index in [4.69, 9.17) is 4.18 Å². The van der Waals surface area contributed by atoms with E-state index in [2.05, 4.69) is 0 Å². The van der Waals surface area contributed by atoms with Gasteiger partial charge in [-0.1, -0.05) is 30.3 Å². The molecule has 0 saturated carbocycles. The summed E-state index contributed by atoms with van der Waals surface area (Å²) in [6.45, 7) is 0.357. The van der Waals surface area contributed by atoms with Crippen molar-refractivity contribution in [3.63, 3.8) is 0 Å². The lowest BCUT2D eigenvalue weighted by atomic mass is 10.0. The molecule has 1 aliphatic rings. The van der Waals surface area contributed by atoms with Crippen molar-refractivity contribution in [2.45, 2.75) is 19.1 Å². The highest BCUT2D eigenvalue weighted by Crippen LogP contribution is 2.32. The number of alkyl halides is 3. The van der Waals surface area contributed by atoms with Crippen LogP contribution in [0.5, 0.6) is 5.75 Å². The minimum atomic E-state index is -4.56. The molecule has 0 amide bonds. The summed E-state index contributed by atoms with van der Waals surface area (Å²) in [4.78, 5) is 0. The van der Waals surface area contributed by atoms with Gasteiger partial charge < -0.3 is 4.18 Å². The Kier molecular flexibility index (Phi) is 4.27. The zero-order valence-electron chi connectivity index (χ0n) is 12.5.